The predicted molar refractivity (Wildman–Crippen MR) is 86.0 cm³/mol. The molecule has 1 unspecified atom stereocenters. The lowest BCUT2D eigenvalue weighted by molar-refractivity contribution is -0.385. The van der Waals surface area contributed by atoms with E-state index in [2.05, 4.69) is 5.32 Å². The summed E-state index contributed by atoms with van der Waals surface area (Å²) >= 11 is 0. The van der Waals surface area contributed by atoms with Gasteiger partial charge in [-0.3, -0.25) is 10.1 Å². The number of methoxy groups -OCH3 is 1. The molecule has 0 aromatic heterocycles. The average molecular weight is 338 g/mol. The number of nitrogens with one attached hydrogen (secondary N) is 1. The first-order valence-electron chi connectivity index (χ1n) is 7.62. The van der Waals surface area contributed by atoms with Crippen LogP contribution in [0.2, 0.25) is 0 Å². The van der Waals surface area contributed by atoms with E-state index in [-0.39, 0.29) is 30.2 Å². The standard InChI is InChI=1S/C16H22N2O6/c1-16(2,3)24-15(19)17-11-8-14(11)23-9-10-5-6-13(22-4)12(7-10)18(20)21/h5-7,11,14H,8-9H2,1-4H3,(H,17,19)/t11-,14?/m1/s1. The minimum atomic E-state index is -0.544. The first-order valence-corrected chi connectivity index (χ1v) is 7.62. The molecule has 1 saturated carbocycles. The third-order valence-corrected chi connectivity index (χ3v) is 3.34. The van der Waals surface area contributed by atoms with Gasteiger partial charge in [0.2, 0.25) is 0 Å². The van der Waals surface area contributed by atoms with Crippen LogP contribution in [-0.4, -0.2) is 35.9 Å². The molecule has 0 bridgehead atoms. The highest BCUT2D eigenvalue weighted by Gasteiger charge is 2.40. The Labute approximate surface area is 140 Å². The molecule has 1 N–H and O–H groups in total. The van der Waals surface area contributed by atoms with Gasteiger partial charge in [0.15, 0.2) is 5.75 Å². The molecule has 8 nitrogen and oxygen atoms in total. The van der Waals surface area contributed by atoms with Crippen LogP contribution >= 0.6 is 0 Å². The lowest BCUT2D eigenvalue weighted by atomic mass is 10.2. The maximum absolute atomic E-state index is 11.6. The van der Waals surface area contributed by atoms with Gasteiger partial charge in [-0.2, -0.15) is 0 Å². The third-order valence-electron chi connectivity index (χ3n) is 3.34. The van der Waals surface area contributed by atoms with Crippen molar-refractivity contribution in [2.45, 2.75) is 51.5 Å². The van der Waals surface area contributed by atoms with Crippen molar-refractivity contribution in [1.82, 2.24) is 5.32 Å². The van der Waals surface area contributed by atoms with Gasteiger partial charge < -0.3 is 19.5 Å². The van der Waals surface area contributed by atoms with Crippen LogP contribution in [0.3, 0.4) is 0 Å². The van der Waals surface area contributed by atoms with Crippen molar-refractivity contribution >= 4 is 11.8 Å². The van der Waals surface area contributed by atoms with Crippen molar-refractivity contribution in [2.75, 3.05) is 7.11 Å². The predicted octanol–water partition coefficient (Wildman–Crippen LogP) is 2.79. The van der Waals surface area contributed by atoms with E-state index in [1.807, 2.05) is 0 Å². The average Bonchev–Trinajstić information content (AvgIpc) is 3.20. The fourth-order valence-corrected chi connectivity index (χ4v) is 2.14. The van der Waals surface area contributed by atoms with Crippen LogP contribution < -0.4 is 10.1 Å². The van der Waals surface area contributed by atoms with Gasteiger partial charge in [0.25, 0.3) is 0 Å². The summed E-state index contributed by atoms with van der Waals surface area (Å²) in [5, 5.41) is 13.7. The van der Waals surface area contributed by atoms with E-state index in [1.54, 1.807) is 32.9 Å². The molecule has 2 rings (SSSR count). The van der Waals surface area contributed by atoms with Gasteiger partial charge in [-0.05, 0) is 38.8 Å². The summed E-state index contributed by atoms with van der Waals surface area (Å²) in [4.78, 5) is 22.1. The van der Waals surface area contributed by atoms with Crippen LogP contribution in [0.15, 0.2) is 18.2 Å². The quantitative estimate of drug-likeness (QED) is 0.632. The summed E-state index contributed by atoms with van der Waals surface area (Å²) in [7, 11) is 1.38. The van der Waals surface area contributed by atoms with Gasteiger partial charge in [0.1, 0.15) is 5.60 Å². The van der Waals surface area contributed by atoms with Gasteiger partial charge in [-0.25, -0.2) is 4.79 Å². The molecular weight excluding hydrogens is 316 g/mol. The summed E-state index contributed by atoms with van der Waals surface area (Å²) < 4.78 is 15.8. The molecule has 8 heteroatoms. The minimum Gasteiger partial charge on any atom is -0.490 e. The molecular formula is C16H22N2O6. The Hall–Kier alpha value is -2.35. The highest BCUT2D eigenvalue weighted by Crippen LogP contribution is 2.30. The van der Waals surface area contributed by atoms with Crippen LogP contribution in [0.4, 0.5) is 10.5 Å². The van der Waals surface area contributed by atoms with Gasteiger partial charge in [0, 0.05) is 6.07 Å². The number of nitro benzene ring substituents is 1. The Morgan fingerprint density at radius 3 is 2.71 bits per heavy atom. The highest BCUT2D eigenvalue weighted by atomic mass is 16.6. The second kappa shape index (κ2) is 7.04. The number of carbonyl (C=O) groups is 1. The van der Waals surface area contributed by atoms with Gasteiger partial charge in [0.05, 0.1) is 30.8 Å². The zero-order chi connectivity index (χ0) is 17.9. The van der Waals surface area contributed by atoms with Gasteiger partial charge in [-0.1, -0.05) is 6.07 Å². The molecule has 1 fully saturated rings. The van der Waals surface area contributed by atoms with Crippen LogP contribution in [0.5, 0.6) is 5.75 Å². The number of ether oxygens (including phenoxy) is 3. The maximum Gasteiger partial charge on any atom is 0.407 e. The Kier molecular flexibility index (Phi) is 5.28. The number of nitro groups is 1. The van der Waals surface area contributed by atoms with Crippen molar-refractivity contribution in [3.63, 3.8) is 0 Å². The number of alkyl carbamates (subject to hydrolysis) is 1. The Balaban J connectivity index is 1.82. The largest absolute Gasteiger partial charge is 0.490 e. The molecule has 132 valence electrons. The van der Waals surface area contributed by atoms with E-state index >= 15 is 0 Å². The molecule has 0 spiro atoms. The van der Waals surface area contributed by atoms with Gasteiger partial charge >= 0.3 is 11.8 Å². The molecule has 0 saturated heterocycles. The summed E-state index contributed by atoms with van der Waals surface area (Å²) in [6.45, 7) is 5.61. The molecule has 1 aliphatic carbocycles. The fraction of sp³-hybridized carbons (Fsp3) is 0.562. The van der Waals surface area contributed by atoms with Crippen molar-refractivity contribution in [1.29, 1.82) is 0 Å². The van der Waals surface area contributed by atoms with Crippen LogP contribution in [0.25, 0.3) is 0 Å². The Morgan fingerprint density at radius 2 is 2.12 bits per heavy atom. The molecule has 1 aliphatic rings. The van der Waals surface area contributed by atoms with E-state index in [1.165, 1.54) is 13.2 Å². The summed E-state index contributed by atoms with van der Waals surface area (Å²) in [6, 6.07) is 4.59. The molecule has 1 aromatic rings. The van der Waals surface area contributed by atoms with Crippen LogP contribution in [0.1, 0.15) is 32.8 Å². The van der Waals surface area contributed by atoms with Crippen molar-refractivity contribution in [2.24, 2.45) is 0 Å². The highest BCUT2D eigenvalue weighted by molar-refractivity contribution is 5.68. The molecule has 0 radical (unpaired) electrons. The fourth-order valence-electron chi connectivity index (χ4n) is 2.14. The number of carbonyl (C=O) groups excluding carboxylic acids is 1. The van der Waals surface area contributed by atoms with E-state index in [4.69, 9.17) is 14.2 Å². The number of hydrogen-bond donors (Lipinski definition) is 1. The summed E-state index contributed by atoms with van der Waals surface area (Å²) in [6.07, 6.45) is 0.106. The monoisotopic (exact) mass is 338 g/mol. The van der Waals surface area contributed by atoms with Gasteiger partial charge in [-0.15, -0.1) is 0 Å². The molecule has 0 heterocycles. The Bertz CT molecular complexity index is 625. The van der Waals surface area contributed by atoms with E-state index in [0.29, 0.717) is 12.0 Å². The van der Waals surface area contributed by atoms with Crippen LogP contribution in [0, 0.1) is 10.1 Å². The lowest BCUT2D eigenvalue weighted by Crippen LogP contribution is -2.35. The molecule has 24 heavy (non-hydrogen) atoms. The smallest absolute Gasteiger partial charge is 0.407 e. The number of amides is 1. The SMILES string of the molecule is COc1ccc(COC2C[C@H]2NC(=O)OC(C)(C)C)cc1[N+](=O)[O-]. The molecule has 0 aliphatic heterocycles. The van der Waals surface area contributed by atoms with E-state index in [9.17, 15) is 14.9 Å². The van der Waals surface area contributed by atoms with Crippen molar-refractivity contribution in [3.05, 3.63) is 33.9 Å². The molecule has 2 atom stereocenters. The summed E-state index contributed by atoms with van der Waals surface area (Å²) in [5.41, 5.74) is 0.0282. The van der Waals surface area contributed by atoms with E-state index < -0.39 is 16.6 Å². The number of nitrogens with zero attached hydrogens (tertiary/aromatic N) is 1. The third kappa shape index (κ3) is 5.09. The first kappa shape index (κ1) is 18.0. The van der Waals surface area contributed by atoms with Crippen LogP contribution in [-0.2, 0) is 16.1 Å². The molecule has 1 aromatic carbocycles. The Morgan fingerprint density at radius 1 is 1.42 bits per heavy atom. The first-order chi connectivity index (χ1) is 11.2. The maximum atomic E-state index is 11.6. The minimum absolute atomic E-state index is 0.0897. The summed E-state index contributed by atoms with van der Waals surface area (Å²) in [5.74, 6) is 0.208. The lowest BCUT2D eigenvalue weighted by Gasteiger charge is -2.19. The number of rotatable bonds is 6. The number of benzene rings is 1. The molecule has 1 amide bonds. The second-order valence-corrected chi connectivity index (χ2v) is 6.60. The normalized spacial score (nSPS) is 19.5. The van der Waals surface area contributed by atoms with Crippen molar-refractivity contribution in [3.8, 4) is 5.75 Å². The zero-order valence-corrected chi connectivity index (χ0v) is 14.2. The zero-order valence-electron chi connectivity index (χ0n) is 14.2. The van der Waals surface area contributed by atoms with E-state index in [0.717, 1.165) is 0 Å². The van der Waals surface area contributed by atoms with Crippen molar-refractivity contribution < 1.29 is 23.9 Å². The second-order valence-electron chi connectivity index (χ2n) is 6.60. The topological polar surface area (TPSA) is 99.9 Å². The number of hydrogen-bond acceptors (Lipinski definition) is 6.